The second-order valence-corrected chi connectivity index (χ2v) is 8.92. The van der Waals surface area contributed by atoms with Crippen molar-refractivity contribution in [3.8, 4) is 0 Å². The Bertz CT molecular complexity index is 601. The van der Waals surface area contributed by atoms with Crippen LogP contribution in [-0.2, 0) is 9.47 Å². The number of rotatable bonds is 12. The molecular formula is C24H38O4. The molecule has 0 heterocycles. The molecule has 0 radical (unpaired) electrons. The molecule has 0 bridgehead atoms. The fourth-order valence-corrected chi connectivity index (χ4v) is 3.36. The lowest BCUT2D eigenvalue weighted by Gasteiger charge is -2.23. The summed E-state index contributed by atoms with van der Waals surface area (Å²) >= 11 is 0. The molecule has 0 fully saturated rings. The Hall–Kier alpha value is -1.84. The Balaban J connectivity index is 2.52. The van der Waals surface area contributed by atoms with E-state index in [9.17, 15) is 9.59 Å². The minimum atomic E-state index is -0.465. The number of ether oxygens (including phenoxy) is 2. The van der Waals surface area contributed by atoms with Gasteiger partial charge in [0, 0.05) is 0 Å². The SMILES string of the molecule is CCCCCCCCOC(=O)c1ccccc1C(=O)OCC(C)CC(C)(C)C. The van der Waals surface area contributed by atoms with Gasteiger partial charge in [0.1, 0.15) is 0 Å². The molecule has 4 nitrogen and oxygen atoms in total. The van der Waals surface area contributed by atoms with Crippen molar-refractivity contribution < 1.29 is 19.1 Å². The van der Waals surface area contributed by atoms with Gasteiger partial charge in [0.2, 0.25) is 0 Å². The van der Waals surface area contributed by atoms with Crippen molar-refractivity contribution in [2.75, 3.05) is 13.2 Å². The standard InChI is InChI=1S/C24H38O4/c1-6-7-8-9-10-13-16-27-22(25)20-14-11-12-15-21(20)23(26)28-18-19(2)17-24(3,4)5/h11-12,14-15,19H,6-10,13,16-18H2,1-5H3. The number of hydrogen-bond donors (Lipinski definition) is 0. The number of hydrogen-bond acceptors (Lipinski definition) is 4. The second-order valence-electron chi connectivity index (χ2n) is 8.92. The van der Waals surface area contributed by atoms with E-state index in [0.29, 0.717) is 13.2 Å². The number of unbranched alkanes of at least 4 members (excludes halogenated alkanes) is 5. The van der Waals surface area contributed by atoms with Gasteiger partial charge in [-0.15, -0.1) is 0 Å². The Morgan fingerprint density at radius 3 is 2.00 bits per heavy atom. The van der Waals surface area contributed by atoms with Crippen molar-refractivity contribution in [2.45, 2.75) is 79.6 Å². The summed E-state index contributed by atoms with van der Waals surface area (Å²) in [7, 11) is 0. The maximum absolute atomic E-state index is 12.5. The van der Waals surface area contributed by atoms with E-state index >= 15 is 0 Å². The van der Waals surface area contributed by atoms with Gasteiger partial charge in [0.15, 0.2) is 0 Å². The highest BCUT2D eigenvalue weighted by Crippen LogP contribution is 2.24. The van der Waals surface area contributed by atoms with Crippen LogP contribution in [0.5, 0.6) is 0 Å². The van der Waals surface area contributed by atoms with Crippen LogP contribution >= 0.6 is 0 Å². The van der Waals surface area contributed by atoms with Crippen LogP contribution in [0.1, 0.15) is 100 Å². The number of carbonyl (C=O) groups excluding carboxylic acids is 2. The third kappa shape index (κ3) is 9.91. The van der Waals surface area contributed by atoms with Gasteiger partial charge in [-0.1, -0.05) is 78.9 Å². The summed E-state index contributed by atoms with van der Waals surface area (Å²) in [4.78, 5) is 24.9. The zero-order chi connectivity index (χ0) is 21.0. The minimum absolute atomic E-state index is 0.185. The van der Waals surface area contributed by atoms with Gasteiger partial charge >= 0.3 is 11.9 Å². The first-order valence-corrected chi connectivity index (χ1v) is 10.7. The fraction of sp³-hybridized carbons (Fsp3) is 0.667. The molecule has 4 heteroatoms. The van der Waals surface area contributed by atoms with Gasteiger partial charge < -0.3 is 9.47 Å². The first kappa shape index (κ1) is 24.2. The maximum atomic E-state index is 12.5. The Morgan fingerprint density at radius 2 is 1.43 bits per heavy atom. The Kier molecular flexibility index (Phi) is 10.9. The van der Waals surface area contributed by atoms with Crippen LogP contribution in [-0.4, -0.2) is 25.2 Å². The van der Waals surface area contributed by atoms with Crippen molar-refractivity contribution in [1.82, 2.24) is 0 Å². The van der Waals surface area contributed by atoms with Gasteiger partial charge in [-0.25, -0.2) is 9.59 Å². The third-order valence-corrected chi connectivity index (χ3v) is 4.56. The first-order chi connectivity index (χ1) is 13.2. The summed E-state index contributed by atoms with van der Waals surface area (Å²) in [6.45, 7) is 11.5. The van der Waals surface area contributed by atoms with E-state index in [1.807, 2.05) is 0 Å². The molecule has 1 aromatic carbocycles. The quantitative estimate of drug-likeness (QED) is 0.305. The van der Waals surface area contributed by atoms with Crippen molar-refractivity contribution >= 4 is 11.9 Å². The average Bonchev–Trinajstić information content (AvgIpc) is 2.64. The van der Waals surface area contributed by atoms with Crippen molar-refractivity contribution in [2.24, 2.45) is 11.3 Å². The lowest BCUT2D eigenvalue weighted by Crippen LogP contribution is -2.19. The molecule has 0 saturated heterocycles. The van der Waals surface area contributed by atoms with Crippen LogP contribution in [0.25, 0.3) is 0 Å². The topological polar surface area (TPSA) is 52.6 Å². The van der Waals surface area contributed by atoms with Gasteiger partial charge in [-0.2, -0.15) is 0 Å². The summed E-state index contributed by atoms with van der Waals surface area (Å²) in [6, 6.07) is 6.72. The van der Waals surface area contributed by atoms with Gasteiger partial charge in [-0.05, 0) is 36.3 Å². The molecule has 0 N–H and O–H groups in total. The van der Waals surface area contributed by atoms with E-state index in [1.54, 1.807) is 24.3 Å². The molecule has 0 aromatic heterocycles. The van der Waals surface area contributed by atoms with E-state index < -0.39 is 11.9 Å². The molecule has 0 spiro atoms. The zero-order valence-corrected chi connectivity index (χ0v) is 18.4. The molecule has 1 rings (SSSR count). The normalized spacial score (nSPS) is 12.5. The van der Waals surface area contributed by atoms with Crippen LogP contribution in [0, 0.1) is 11.3 Å². The minimum Gasteiger partial charge on any atom is -0.462 e. The molecule has 1 unspecified atom stereocenters. The first-order valence-electron chi connectivity index (χ1n) is 10.7. The van der Waals surface area contributed by atoms with E-state index in [2.05, 4.69) is 34.6 Å². The van der Waals surface area contributed by atoms with Crippen LogP contribution in [0.3, 0.4) is 0 Å². The maximum Gasteiger partial charge on any atom is 0.339 e. The monoisotopic (exact) mass is 390 g/mol. The summed E-state index contributed by atoms with van der Waals surface area (Å²) in [5, 5.41) is 0. The fourth-order valence-electron chi connectivity index (χ4n) is 3.36. The molecular weight excluding hydrogens is 352 g/mol. The summed E-state index contributed by atoms with van der Waals surface area (Å²) in [5.41, 5.74) is 0.740. The number of benzene rings is 1. The number of carbonyl (C=O) groups is 2. The van der Waals surface area contributed by atoms with Crippen LogP contribution in [0.15, 0.2) is 24.3 Å². The summed E-state index contributed by atoms with van der Waals surface area (Å²) < 4.78 is 10.8. The molecule has 28 heavy (non-hydrogen) atoms. The lowest BCUT2D eigenvalue weighted by atomic mass is 9.86. The van der Waals surface area contributed by atoms with Crippen LogP contribution < -0.4 is 0 Å². The highest BCUT2D eigenvalue weighted by molar-refractivity contribution is 6.03. The van der Waals surface area contributed by atoms with E-state index in [4.69, 9.17) is 9.47 Å². The molecule has 1 aromatic rings. The predicted molar refractivity (Wildman–Crippen MR) is 114 cm³/mol. The van der Waals surface area contributed by atoms with Crippen LogP contribution in [0.4, 0.5) is 0 Å². The van der Waals surface area contributed by atoms with Gasteiger partial charge in [0.25, 0.3) is 0 Å². The average molecular weight is 391 g/mol. The molecule has 0 amide bonds. The highest BCUT2D eigenvalue weighted by atomic mass is 16.5. The molecule has 1 atom stereocenters. The molecule has 0 aliphatic heterocycles. The van der Waals surface area contributed by atoms with E-state index in [0.717, 1.165) is 19.3 Å². The van der Waals surface area contributed by atoms with Crippen LogP contribution in [0.2, 0.25) is 0 Å². The van der Waals surface area contributed by atoms with Crippen molar-refractivity contribution in [3.05, 3.63) is 35.4 Å². The van der Waals surface area contributed by atoms with Gasteiger partial charge in [-0.3, -0.25) is 0 Å². The lowest BCUT2D eigenvalue weighted by molar-refractivity contribution is 0.0399. The van der Waals surface area contributed by atoms with Crippen molar-refractivity contribution in [1.29, 1.82) is 0 Å². The molecule has 0 aliphatic carbocycles. The molecule has 158 valence electrons. The Morgan fingerprint density at radius 1 is 0.893 bits per heavy atom. The van der Waals surface area contributed by atoms with Crippen molar-refractivity contribution in [3.63, 3.8) is 0 Å². The Labute approximate surface area is 171 Å². The zero-order valence-electron chi connectivity index (χ0n) is 18.4. The smallest absolute Gasteiger partial charge is 0.339 e. The third-order valence-electron chi connectivity index (χ3n) is 4.56. The second kappa shape index (κ2) is 12.6. The predicted octanol–water partition coefficient (Wildman–Crippen LogP) is 6.43. The highest BCUT2D eigenvalue weighted by Gasteiger charge is 2.21. The molecule has 0 saturated carbocycles. The van der Waals surface area contributed by atoms with E-state index in [-0.39, 0.29) is 22.5 Å². The largest absolute Gasteiger partial charge is 0.462 e. The summed E-state index contributed by atoms with van der Waals surface area (Å²) in [5.74, 6) is -0.660. The summed E-state index contributed by atoms with van der Waals surface area (Å²) in [6.07, 6.45) is 7.74. The number of esters is 2. The molecule has 0 aliphatic rings. The van der Waals surface area contributed by atoms with Gasteiger partial charge in [0.05, 0.1) is 24.3 Å². The van der Waals surface area contributed by atoms with E-state index in [1.165, 1.54) is 25.7 Å².